The van der Waals surface area contributed by atoms with Gasteiger partial charge < -0.3 is 5.32 Å². The second-order valence-corrected chi connectivity index (χ2v) is 6.95. The standard InChI is InChI=1S/C14H23NS/c1-6-15-11(10-8-7-9-16-10)12-13(2,3)14(12,4)5/h7-9,11-12,15H,6H2,1-5H3. The van der Waals surface area contributed by atoms with Gasteiger partial charge in [-0.1, -0.05) is 40.7 Å². The van der Waals surface area contributed by atoms with Crippen LogP contribution in [-0.2, 0) is 0 Å². The topological polar surface area (TPSA) is 12.0 Å². The van der Waals surface area contributed by atoms with E-state index in [4.69, 9.17) is 0 Å². The molecule has 1 saturated carbocycles. The summed E-state index contributed by atoms with van der Waals surface area (Å²) in [5.41, 5.74) is 0.896. The molecule has 1 aromatic rings. The summed E-state index contributed by atoms with van der Waals surface area (Å²) >= 11 is 1.88. The highest BCUT2D eigenvalue weighted by molar-refractivity contribution is 7.10. The minimum Gasteiger partial charge on any atom is -0.309 e. The first kappa shape index (κ1) is 12.1. The quantitative estimate of drug-likeness (QED) is 0.832. The van der Waals surface area contributed by atoms with Crippen molar-refractivity contribution < 1.29 is 0 Å². The molecule has 1 aliphatic carbocycles. The van der Waals surface area contributed by atoms with Gasteiger partial charge in [0.1, 0.15) is 0 Å². The maximum Gasteiger partial charge on any atom is 0.0454 e. The lowest BCUT2D eigenvalue weighted by Gasteiger charge is -2.18. The monoisotopic (exact) mass is 237 g/mol. The summed E-state index contributed by atoms with van der Waals surface area (Å²) in [5.74, 6) is 0.749. The van der Waals surface area contributed by atoms with Crippen molar-refractivity contribution in [3.63, 3.8) is 0 Å². The molecule has 0 amide bonds. The molecule has 2 rings (SSSR count). The van der Waals surface area contributed by atoms with Gasteiger partial charge in [-0.15, -0.1) is 11.3 Å². The number of rotatable bonds is 4. The van der Waals surface area contributed by atoms with E-state index in [0.29, 0.717) is 16.9 Å². The Balaban J connectivity index is 2.23. The third kappa shape index (κ3) is 1.63. The highest BCUT2D eigenvalue weighted by Crippen LogP contribution is 2.72. The van der Waals surface area contributed by atoms with Crippen LogP contribution in [0.4, 0.5) is 0 Å². The van der Waals surface area contributed by atoms with Crippen molar-refractivity contribution in [2.75, 3.05) is 6.54 Å². The van der Waals surface area contributed by atoms with Crippen molar-refractivity contribution in [3.05, 3.63) is 22.4 Å². The zero-order chi connectivity index (χ0) is 12.0. The van der Waals surface area contributed by atoms with E-state index in [9.17, 15) is 0 Å². The smallest absolute Gasteiger partial charge is 0.0454 e. The number of hydrogen-bond donors (Lipinski definition) is 1. The van der Waals surface area contributed by atoms with Gasteiger partial charge in [-0.3, -0.25) is 0 Å². The van der Waals surface area contributed by atoms with E-state index in [-0.39, 0.29) is 0 Å². The summed E-state index contributed by atoms with van der Waals surface area (Å²) in [6.07, 6.45) is 0. The van der Waals surface area contributed by atoms with Crippen molar-refractivity contribution in [1.29, 1.82) is 0 Å². The molecule has 0 aromatic carbocycles. The van der Waals surface area contributed by atoms with Gasteiger partial charge in [-0.25, -0.2) is 0 Å². The van der Waals surface area contributed by atoms with Gasteiger partial charge in [0, 0.05) is 10.9 Å². The molecule has 0 saturated heterocycles. The van der Waals surface area contributed by atoms with Crippen LogP contribution in [0.3, 0.4) is 0 Å². The van der Waals surface area contributed by atoms with Crippen LogP contribution in [0.2, 0.25) is 0 Å². The molecule has 2 heteroatoms. The predicted octanol–water partition coefficient (Wildman–Crippen LogP) is 4.08. The summed E-state index contributed by atoms with van der Waals surface area (Å²) in [5, 5.41) is 5.85. The zero-order valence-electron chi connectivity index (χ0n) is 11.0. The Bertz CT molecular complexity index is 337. The normalized spacial score (nSPS) is 24.3. The zero-order valence-corrected chi connectivity index (χ0v) is 11.8. The highest BCUT2D eigenvalue weighted by Gasteiger charge is 2.67. The molecule has 0 spiro atoms. The fourth-order valence-corrected chi connectivity index (χ4v) is 3.99. The largest absolute Gasteiger partial charge is 0.309 e. The average molecular weight is 237 g/mol. The molecule has 1 heterocycles. The summed E-state index contributed by atoms with van der Waals surface area (Å²) < 4.78 is 0. The molecule has 1 atom stereocenters. The van der Waals surface area contributed by atoms with Crippen molar-refractivity contribution in [1.82, 2.24) is 5.32 Å². The minimum absolute atomic E-state index is 0.448. The predicted molar refractivity (Wildman–Crippen MR) is 71.8 cm³/mol. The summed E-state index contributed by atoms with van der Waals surface area (Å²) in [6, 6.07) is 4.96. The lowest BCUT2D eigenvalue weighted by atomic mass is 10.0. The van der Waals surface area contributed by atoms with Crippen LogP contribution in [0.1, 0.15) is 45.5 Å². The summed E-state index contributed by atoms with van der Waals surface area (Å²) in [4.78, 5) is 1.49. The summed E-state index contributed by atoms with van der Waals surface area (Å²) in [6.45, 7) is 12.8. The molecule has 1 fully saturated rings. The van der Waals surface area contributed by atoms with Gasteiger partial charge in [-0.2, -0.15) is 0 Å². The Morgan fingerprint density at radius 2 is 1.94 bits per heavy atom. The summed E-state index contributed by atoms with van der Waals surface area (Å²) in [7, 11) is 0. The maximum absolute atomic E-state index is 3.67. The molecule has 1 N–H and O–H groups in total. The molecule has 1 nitrogen and oxygen atoms in total. The van der Waals surface area contributed by atoms with Gasteiger partial charge in [-0.05, 0) is 34.7 Å². The lowest BCUT2D eigenvalue weighted by molar-refractivity contribution is 0.424. The molecule has 1 aromatic heterocycles. The van der Waals surface area contributed by atoms with Gasteiger partial charge in [0.05, 0.1) is 0 Å². The Morgan fingerprint density at radius 1 is 1.31 bits per heavy atom. The van der Waals surface area contributed by atoms with Crippen LogP contribution in [0.25, 0.3) is 0 Å². The molecule has 16 heavy (non-hydrogen) atoms. The maximum atomic E-state index is 3.67. The van der Waals surface area contributed by atoms with E-state index in [2.05, 4.69) is 57.4 Å². The Hall–Kier alpha value is -0.340. The molecular formula is C14H23NS. The van der Waals surface area contributed by atoms with Gasteiger partial charge in [0.25, 0.3) is 0 Å². The van der Waals surface area contributed by atoms with Gasteiger partial charge in [0.2, 0.25) is 0 Å². The lowest BCUT2D eigenvalue weighted by Crippen LogP contribution is -2.24. The molecule has 90 valence electrons. The van der Waals surface area contributed by atoms with E-state index in [0.717, 1.165) is 12.5 Å². The van der Waals surface area contributed by atoms with E-state index >= 15 is 0 Å². The first-order valence-electron chi connectivity index (χ1n) is 6.19. The molecule has 0 aliphatic heterocycles. The van der Waals surface area contributed by atoms with Crippen LogP contribution in [-0.4, -0.2) is 6.54 Å². The molecule has 0 bridgehead atoms. The highest BCUT2D eigenvalue weighted by atomic mass is 32.1. The van der Waals surface area contributed by atoms with Crippen molar-refractivity contribution in [3.8, 4) is 0 Å². The second-order valence-electron chi connectivity index (χ2n) is 5.97. The van der Waals surface area contributed by atoms with Crippen molar-refractivity contribution in [2.24, 2.45) is 16.7 Å². The van der Waals surface area contributed by atoms with Crippen molar-refractivity contribution in [2.45, 2.75) is 40.7 Å². The molecule has 1 unspecified atom stereocenters. The van der Waals surface area contributed by atoms with E-state index in [1.54, 1.807) is 0 Å². The fraction of sp³-hybridized carbons (Fsp3) is 0.714. The van der Waals surface area contributed by atoms with Crippen molar-refractivity contribution >= 4 is 11.3 Å². The first-order chi connectivity index (χ1) is 7.43. The van der Waals surface area contributed by atoms with Crippen LogP contribution in [0.15, 0.2) is 17.5 Å². The second kappa shape index (κ2) is 3.85. The first-order valence-corrected chi connectivity index (χ1v) is 7.07. The van der Waals surface area contributed by atoms with E-state index in [1.807, 2.05) is 11.3 Å². The van der Waals surface area contributed by atoms with Crippen LogP contribution in [0, 0.1) is 16.7 Å². The number of hydrogen-bond acceptors (Lipinski definition) is 2. The van der Waals surface area contributed by atoms with E-state index < -0.39 is 0 Å². The molecule has 0 radical (unpaired) electrons. The Morgan fingerprint density at radius 3 is 2.31 bits per heavy atom. The number of nitrogens with one attached hydrogen (secondary N) is 1. The third-order valence-corrected chi connectivity index (χ3v) is 5.69. The van der Waals surface area contributed by atoms with E-state index in [1.165, 1.54) is 4.88 Å². The van der Waals surface area contributed by atoms with Crippen LogP contribution < -0.4 is 5.32 Å². The average Bonchev–Trinajstić information content (AvgIpc) is 2.64. The third-order valence-electron chi connectivity index (χ3n) is 4.74. The molecule has 1 aliphatic rings. The Labute approximate surface area is 103 Å². The Kier molecular flexibility index (Phi) is 2.92. The van der Waals surface area contributed by atoms with Gasteiger partial charge >= 0.3 is 0 Å². The van der Waals surface area contributed by atoms with Crippen LogP contribution >= 0.6 is 11.3 Å². The fourth-order valence-electron chi connectivity index (χ4n) is 3.15. The van der Waals surface area contributed by atoms with Crippen LogP contribution in [0.5, 0.6) is 0 Å². The number of thiophene rings is 1. The SMILES string of the molecule is CCNC(c1cccs1)C1C(C)(C)C1(C)C. The minimum atomic E-state index is 0.448. The molecular weight excluding hydrogens is 214 g/mol. The van der Waals surface area contributed by atoms with Gasteiger partial charge in [0.15, 0.2) is 0 Å².